The third-order valence-electron chi connectivity index (χ3n) is 4.47. The largest absolute Gasteiger partial charge is 0.435 e. The van der Waals surface area contributed by atoms with Gasteiger partial charge in [0, 0.05) is 32.9 Å². The molecule has 1 aliphatic heterocycles. The number of rotatable bonds is 6. The van der Waals surface area contributed by atoms with Crippen LogP contribution in [0.5, 0.6) is 0 Å². The lowest BCUT2D eigenvalue weighted by atomic mass is 9.92. The van der Waals surface area contributed by atoms with Gasteiger partial charge in [-0.05, 0) is 37.6 Å². The summed E-state index contributed by atoms with van der Waals surface area (Å²) in [4.78, 5) is 14.4. The van der Waals surface area contributed by atoms with Crippen LogP contribution in [-0.2, 0) is 13.2 Å². The Morgan fingerprint density at radius 3 is 2.52 bits per heavy atom. The SMILES string of the molecule is C[C@@H]1C[C@@H](C)CN(CCCCNC(=O)c2cn(C)nc2C(F)(F)F)C1. The molecule has 2 atom stereocenters. The number of nitrogens with one attached hydrogen (secondary N) is 1. The number of likely N-dealkylation sites (tertiary alicyclic amines) is 1. The van der Waals surface area contributed by atoms with Gasteiger partial charge >= 0.3 is 6.18 Å². The quantitative estimate of drug-likeness (QED) is 0.794. The van der Waals surface area contributed by atoms with Crippen LogP contribution in [0.25, 0.3) is 0 Å². The molecule has 1 amide bonds. The van der Waals surface area contributed by atoms with Crippen molar-refractivity contribution >= 4 is 5.91 Å². The molecule has 2 heterocycles. The number of aryl methyl sites for hydroxylation is 1. The normalized spacial score (nSPS) is 22.2. The van der Waals surface area contributed by atoms with E-state index in [0.717, 1.165) is 43.4 Å². The summed E-state index contributed by atoms with van der Waals surface area (Å²) in [5, 5.41) is 5.92. The van der Waals surface area contributed by atoms with E-state index in [4.69, 9.17) is 0 Å². The summed E-state index contributed by atoms with van der Waals surface area (Å²) in [6.07, 6.45) is -0.602. The molecular formula is C17H27F3N4O. The second-order valence-corrected chi connectivity index (χ2v) is 7.23. The van der Waals surface area contributed by atoms with Gasteiger partial charge < -0.3 is 10.2 Å². The average Bonchev–Trinajstić information content (AvgIpc) is 2.88. The lowest BCUT2D eigenvalue weighted by molar-refractivity contribution is -0.141. The Morgan fingerprint density at radius 2 is 1.92 bits per heavy atom. The first kappa shape index (κ1) is 19.8. The van der Waals surface area contributed by atoms with Crippen LogP contribution in [0.2, 0.25) is 0 Å². The van der Waals surface area contributed by atoms with Crippen LogP contribution in [0.1, 0.15) is 49.2 Å². The zero-order valence-electron chi connectivity index (χ0n) is 15.1. The minimum Gasteiger partial charge on any atom is -0.352 e. The maximum Gasteiger partial charge on any atom is 0.435 e. The number of nitrogens with zero attached hydrogens (tertiary/aromatic N) is 3. The molecule has 142 valence electrons. The van der Waals surface area contributed by atoms with E-state index < -0.39 is 23.3 Å². The van der Waals surface area contributed by atoms with Gasteiger partial charge in [-0.25, -0.2) is 0 Å². The third kappa shape index (κ3) is 5.73. The van der Waals surface area contributed by atoms with E-state index in [9.17, 15) is 18.0 Å². The van der Waals surface area contributed by atoms with E-state index in [2.05, 4.69) is 29.2 Å². The molecule has 1 aromatic heterocycles. The van der Waals surface area contributed by atoms with Crippen molar-refractivity contribution in [2.45, 2.75) is 39.3 Å². The van der Waals surface area contributed by atoms with Crippen molar-refractivity contribution in [1.29, 1.82) is 0 Å². The first-order valence-corrected chi connectivity index (χ1v) is 8.78. The van der Waals surface area contributed by atoms with Gasteiger partial charge in [-0.15, -0.1) is 0 Å². The van der Waals surface area contributed by atoms with Crippen LogP contribution in [0.3, 0.4) is 0 Å². The Morgan fingerprint density at radius 1 is 1.28 bits per heavy atom. The molecule has 1 aromatic rings. The molecule has 8 heteroatoms. The Bertz CT molecular complexity index is 575. The van der Waals surface area contributed by atoms with Gasteiger partial charge in [-0.1, -0.05) is 13.8 Å². The van der Waals surface area contributed by atoms with Gasteiger partial charge in [0.15, 0.2) is 5.69 Å². The molecule has 0 saturated carbocycles. The summed E-state index contributed by atoms with van der Waals surface area (Å²) in [6, 6.07) is 0. The van der Waals surface area contributed by atoms with Crippen molar-refractivity contribution in [3.63, 3.8) is 0 Å². The Kier molecular flexibility index (Phi) is 6.48. The summed E-state index contributed by atoms with van der Waals surface area (Å²) < 4.78 is 39.6. The molecule has 5 nitrogen and oxygen atoms in total. The molecule has 1 fully saturated rings. The van der Waals surface area contributed by atoms with Crippen molar-refractivity contribution in [3.8, 4) is 0 Å². The van der Waals surface area contributed by atoms with Crippen LogP contribution < -0.4 is 5.32 Å². The lowest BCUT2D eigenvalue weighted by Gasteiger charge is -2.34. The highest BCUT2D eigenvalue weighted by Gasteiger charge is 2.38. The van der Waals surface area contributed by atoms with E-state index in [1.54, 1.807) is 0 Å². The van der Waals surface area contributed by atoms with Gasteiger partial charge in [0.2, 0.25) is 0 Å². The number of carbonyl (C=O) groups excluding carboxylic acids is 1. The fourth-order valence-electron chi connectivity index (χ4n) is 3.60. The van der Waals surface area contributed by atoms with E-state index in [1.165, 1.54) is 13.5 Å². The number of aromatic nitrogens is 2. The van der Waals surface area contributed by atoms with Crippen molar-refractivity contribution in [2.75, 3.05) is 26.2 Å². The minimum atomic E-state index is -4.63. The molecule has 1 aliphatic rings. The fourth-order valence-corrected chi connectivity index (χ4v) is 3.60. The van der Waals surface area contributed by atoms with Crippen LogP contribution >= 0.6 is 0 Å². The zero-order valence-corrected chi connectivity index (χ0v) is 15.1. The maximum atomic E-state index is 12.9. The first-order valence-electron chi connectivity index (χ1n) is 8.78. The van der Waals surface area contributed by atoms with Gasteiger partial charge in [0.25, 0.3) is 5.91 Å². The number of unbranched alkanes of at least 4 members (excludes halogenated alkanes) is 1. The highest BCUT2D eigenvalue weighted by atomic mass is 19.4. The van der Waals surface area contributed by atoms with Crippen LogP contribution in [0, 0.1) is 11.8 Å². The molecule has 0 unspecified atom stereocenters. The van der Waals surface area contributed by atoms with Crippen molar-refractivity contribution in [1.82, 2.24) is 20.0 Å². The number of piperidine rings is 1. The van der Waals surface area contributed by atoms with Crippen LogP contribution in [0.4, 0.5) is 13.2 Å². The van der Waals surface area contributed by atoms with Gasteiger partial charge in [-0.2, -0.15) is 18.3 Å². The highest BCUT2D eigenvalue weighted by Crippen LogP contribution is 2.30. The van der Waals surface area contributed by atoms with E-state index in [1.807, 2.05) is 0 Å². The second-order valence-electron chi connectivity index (χ2n) is 7.23. The molecule has 2 rings (SSSR count). The third-order valence-corrected chi connectivity index (χ3v) is 4.47. The van der Waals surface area contributed by atoms with Crippen molar-refractivity contribution in [3.05, 3.63) is 17.5 Å². The van der Waals surface area contributed by atoms with Gasteiger partial charge in [0.1, 0.15) is 0 Å². The van der Waals surface area contributed by atoms with Crippen molar-refractivity contribution < 1.29 is 18.0 Å². The fraction of sp³-hybridized carbons (Fsp3) is 0.765. The Balaban J connectivity index is 1.74. The molecule has 0 aromatic carbocycles. The molecule has 0 radical (unpaired) electrons. The topological polar surface area (TPSA) is 50.2 Å². The number of alkyl halides is 3. The number of halogens is 3. The smallest absolute Gasteiger partial charge is 0.352 e. The molecule has 0 aliphatic carbocycles. The monoisotopic (exact) mass is 360 g/mol. The second kappa shape index (κ2) is 8.21. The molecule has 1 saturated heterocycles. The summed E-state index contributed by atoms with van der Waals surface area (Å²) in [5.41, 5.74) is -1.56. The summed E-state index contributed by atoms with van der Waals surface area (Å²) in [5.74, 6) is 0.685. The summed E-state index contributed by atoms with van der Waals surface area (Å²) in [7, 11) is 1.37. The van der Waals surface area contributed by atoms with E-state index >= 15 is 0 Å². The predicted molar refractivity (Wildman–Crippen MR) is 89.2 cm³/mol. The maximum absolute atomic E-state index is 12.9. The van der Waals surface area contributed by atoms with Crippen LogP contribution in [-0.4, -0.2) is 46.8 Å². The lowest BCUT2D eigenvalue weighted by Crippen LogP contribution is -2.39. The number of carbonyl (C=O) groups is 1. The minimum absolute atomic E-state index is 0.365. The Hall–Kier alpha value is -1.57. The molecular weight excluding hydrogens is 333 g/mol. The predicted octanol–water partition coefficient (Wildman–Crippen LogP) is 2.93. The summed E-state index contributed by atoms with van der Waals surface area (Å²) >= 11 is 0. The molecule has 25 heavy (non-hydrogen) atoms. The standard InChI is InChI=1S/C17H27F3N4O/c1-12-8-13(2)10-24(9-12)7-5-4-6-21-16(25)14-11-23(3)22-15(14)17(18,19)20/h11-13H,4-10H2,1-3H3,(H,21,25)/t12-,13-/m1/s1. The molecule has 0 spiro atoms. The zero-order chi connectivity index (χ0) is 18.6. The van der Waals surface area contributed by atoms with Gasteiger partial charge in [0.05, 0.1) is 5.56 Å². The van der Waals surface area contributed by atoms with Crippen molar-refractivity contribution in [2.24, 2.45) is 18.9 Å². The number of amides is 1. The van der Waals surface area contributed by atoms with E-state index in [-0.39, 0.29) is 0 Å². The van der Waals surface area contributed by atoms with Crippen LogP contribution in [0.15, 0.2) is 6.20 Å². The highest BCUT2D eigenvalue weighted by molar-refractivity contribution is 5.95. The van der Waals surface area contributed by atoms with E-state index in [0.29, 0.717) is 18.4 Å². The molecule has 1 N–H and O–H groups in total. The Labute approximate surface area is 146 Å². The van der Waals surface area contributed by atoms with Gasteiger partial charge in [-0.3, -0.25) is 9.48 Å². The first-order chi connectivity index (χ1) is 11.7. The average molecular weight is 360 g/mol. The number of hydrogen-bond donors (Lipinski definition) is 1. The number of hydrogen-bond acceptors (Lipinski definition) is 3. The summed E-state index contributed by atoms with van der Waals surface area (Å²) in [6.45, 7) is 8.04. The molecule has 0 bridgehead atoms.